The minimum atomic E-state index is -3.60. The van der Waals surface area contributed by atoms with E-state index in [1.165, 1.54) is 6.07 Å². The maximum atomic E-state index is 11.8. The SMILES string of the molecule is O=S(=O)(NC1COC1)c1cnc(Cl)c(Cl)c1. The highest BCUT2D eigenvalue weighted by atomic mass is 35.5. The van der Waals surface area contributed by atoms with Crippen LogP contribution in [0.4, 0.5) is 0 Å². The monoisotopic (exact) mass is 282 g/mol. The lowest BCUT2D eigenvalue weighted by Crippen LogP contribution is -2.48. The summed E-state index contributed by atoms with van der Waals surface area (Å²) in [7, 11) is -3.60. The summed E-state index contributed by atoms with van der Waals surface area (Å²) in [6.45, 7) is 0.766. The molecule has 0 spiro atoms. The van der Waals surface area contributed by atoms with Crippen molar-refractivity contribution in [3.8, 4) is 0 Å². The van der Waals surface area contributed by atoms with E-state index in [0.29, 0.717) is 13.2 Å². The molecule has 1 aliphatic rings. The number of ether oxygens (including phenoxy) is 1. The number of nitrogens with zero attached hydrogens (tertiary/aromatic N) is 1. The molecule has 1 fully saturated rings. The number of hydrogen-bond acceptors (Lipinski definition) is 4. The zero-order chi connectivity index (χ0) is 11.8. The fraction of sp³-hybridized carbons (Fsp3) is 0.375. The molecule has 5 nitrogen and oxygen atoms in total. The first-order chi connectivity index (χ1) is 7.49. The Kier molecular flexibility index (Phi) is 3.37. The van der Waals surface area contributed by atoms with Crippen molar-refractivity contribution in [3.05, 3.63) is 22.4 Å². The normalized spacial score (nSPS) is 17.1. The standard InChI is InChI=1S/C8H8Cl2N2O3S/c9-7-1-6(2-11-8(7)10)16(13,14)12-5-3-15-4-5/h1-2,5,12H,3-4H2. The van der Waals surface area contributed by atoms with Crippen LogP contribution in [0.15, 0.2) is 17.2 Å². The van der Waals surface area contributed by atoms with Crippen LogP contribution in [0.3, 0.4) is 0 Å². The second-order valence-electron chi connectivity index (χ2n) is 3.30. The Morgan fingerprint density at radius 3 is 2.62 bits per heavy atom. The van der Waals surface area contributed by atoms with Gasteiger partial charge in [0.2, 0.25) is 10.0 Å². The molecule has 0 unspecified atom stereocenters. The molecule has 0 aliphatic carbocycles. The number of rotatable bonds is 3. The molecule has 1 aliphatic heterocycles. The van der Waals surface area contributed by atoms with Crippen LogP contribution in [0.5, 0.6) is 0 Å². The molecule has 2 heterocycles. The van der Waals surface area contributed by atoms with Crippen LogP contribution in [-0.2, 0) is 14.8 Å². The summed E-state index contributed by atoms with van der Waals surface area (Å²) in [5, 5.41) is 0.182. The quantitative estimate of drug-likeness (QED) is 0.842. The van der Waals surface area contributed by atoms with Gasteiger partial charge in [-0.15, -0.1) is 0 Å². The van der Waals surface area contributed by atoms with Gasteiger partial charge in [-0.1, -0.05) is 23.2 Å². The summed E-state index contributed by atoms with van der Waals surface area (Å²) in [6, 6.07) is 1.08. The summed E-state index contributed by atoms with van der Waals surface area (Å²) in [4.78, 5) is 3.67. The number of hydrogen-bond donors (Lipinski definition) is 1. The first-order valence-electron chi connectivity index (χ1n) is 4.40. The van der Waals surface area contributed by atoms with E-state index >= 15 is 0 Å². The van der Waals surface area contributed by atoms with E-state index in [1.54, 1.807) is 0 Å². The summed E-state index contributed by atoms with van der Waals surface area (Å²) in [6.07, 6.45) is 1.16. The Morgan fingerprint density at radius 1 is 1.44 bits per heavy atom. The highest BCUT2D eigenvalue weighted by molar-refractivity contribution is 7.89. The average Bonchev–Trinajstić information content (AvgIpc) is 2.16. The van der Waals surface area contributed by atoms with Gasteiger partial charge in [0, 0.05) is 6.20 Å². The van der Waals surface area contributed by atoms with Crippen molar-refractivity contribution in [2.24, 2.45) is 0 Å². The Morgan fingerprint density at radius 2 is 2.12 bits per heavy atom. The van der Waals surface area contributed by atoms with Crippen LogP contribution in [0.25, 0.3) is 0 Å². The third-order valence-electron chi connectivity index (χ3n) is 2.04. The zero-order valence-electron chi connectivity index (χ0n) is 7.98. The molecular weight excluding hydrogens is 275 g/mol. The molecule has 1 saturated heterocycles. The summed E-state index contributed by atoms with van der Waals surface area (Å²) < 4.78 is 30.9. The molecule has 0 aromatic carbocycles. The second kappa shape index (κ2) is 4.46. The van der Waals surface area contributed by atoms with Crippen molar-refractivity contribution in [1.29, 1.82) is 0 Å². The first-order valence-corrected chi connectivity index (χ1v) is 6.64. The van der Waals surface area contributed by atoms with Crippen molar-refractivity contribution in [2.45, 2.75) is 10.9 Å². The molecule has 88 valence electrons. The molecule has 0 radical (unpaired) electrons. The van der Waals surface area contributed by atoms with Gasteiger partial charge in [-0.3, -0.25) is 0 Å². The maximum absolute atomic E-state index is 11.8. The zero-order valence-corrected chi connectivity index (χ0v) is 10.3. The second-order valence-corrected chi connectivity index (χ2v) is 5.78. The Balaban J connectivity index is 2.24. The van der Waals surface area contributed by atoms with Gasteiger partial charge in [-0.25, -0.2) is 18.1 Å². The van der Waals surface area contributed by atoms with Crippen LogP contribution in [0.1, 0.15) is 0 Å². The van der Waals surface area contributed by atoms with E-state index in [-0.39, 0.29) is 21.1 Å². The number of aromatic nitrogens is 1. The van der Waals surface area contributed by atoms with E-state index < -0.39 is 10.0 Å². The summed E-state index contributed by atoms with van der Waals surface area (Å²) >= 11 is 11.3. The highest BCUT2D eigenvalue weighted by Gasteiger charge is 2.26. The highest BCUT2D eigenvalue weighted by Crippen LogP contribution is 2.22. The minimum Gasteiger partial charge on any atom is -0.378 e. The Labute approximate surface area is 103 Å². The van der Waals surface area contributed by atoms with Crippen LogP contribution in [0.2, 0.25) is 10.2 Å². The number of halogens is 2. The summed E-state index contributed by atoms with van der Waals surface area (Å²) in [5.41, 5.74) is 0. The molecule has 0 amide bonds. The van der Waals surface area contributed by atoms with Crippen molar-refractivity contribution in [2.75, 3.05) is 13.2 Å². The van der Waals surface area contributed by atoms with Crippen molar-refractivity contribution < 1.29 is 13.2 Å². The lowest BCUT2D eigenvalue weighted by Gasteiger charge is -2.26. The molecule has 0 bridgehead atoms. The molecule has 1 aromatic rings. The van der Waals surface area contributed by atoms with Crippen LogP contribution in [-0.4, -0.2) is 32.7 Å². The van der Waals surface area contributed by atoms with Crippen molar-refractivity contribution in [1.82, 2.24) is 9.71 Å². The third-order valence-corrected chi connectivity index (χ3v) is 4.21. The Hall–Kier alpha value is -0.400. The molecule has 8 heteroatoms. The van der Waals surface area contributed by atoms with Gasteiger partial charge in [-0.2, -0.15) is 0 Å². The van der Waals surface area contributed by atoms with Gasteiger partial charge in [0.05, 0.1) is 24.3 Å². The third kappa shape index (κ3) is 2.46. The van der Waals surface area contributed by atoms with Crippen LogP contribution >= 0.6 is 23.2 Å². The number of nitrogens with one attached hydrogen (secondary N) is 1. The number of sulfonamides is 1. The topological polar surface area (TPSA) is 68.3 Å². The smallest absolute Gasteiger partial charge is 0.242 e. The van der Waals surface area contributed by atoms with Crippen LogP contribution in [0, 0.1) is 0 Å². The summed E-state index contributed by atoms with van der Waals surface area (Å²) in [5.74, 6) is 0. The van der Waals surface area contributed by atoms with E-state index in [2.05, 4.69) is 9.71 Å². The van der Waals surface area contributed by atoms with E-state index in [4.69, 9.17) is 27.9 Å². The van der Waals surface area contributed by atoms with Gasteiger partial charge >= 0.3 is 0 Å². The van der Waals surface area contributed by atoms with E-state index in [1.807, 2.05) is 0 Å². The van der Waals surface area contributed by atoms with Gasteiger partial charge in [0.25, 0.3) is 0 Å². The van der Waals surface area contributed by atoms with Gasteiger partial charge < -0.3 is 4.74 Å². The molecule has 0 atom stereocenters. The molecule has 1 aromatic heterocycles. The van der Waals surface area contributed by atoms with E-state index in [9.17, 15) is 8.42 Å². The largest absolute Gasteiger partial charge is 0.378 e. The van der Waals surface area contributed by atoms with Crippen LogP contribution < -0.4 is 4.72 Å². The molecular formula is C8H8Cl2N2O3S. The molecule has 2 rings (SSSR count). The van der Waals surface area contributed by atoms with Crippen molar-refractivity contribution >= 4 is 33.2 Å². The van der Waals surface area contributed by atoms with Gasteiger partial charge in [0.15, 0.2) is 0 Å². The Bertz CT molecular complexity index is 502. The molecule has 0 saturated carbocycles. The van der Waals surface area contributed by atoms with Gasteiger partial charge in [0.1, 0.15) is 10.0 Å². The fourth-order valence-corrected chi connectivity index (χ4v) is 2.65. The molecule has 16 heavy (non-hydrogen) atoms. The fourth-order valence-electron chi connectivity index (χ4n) is 1.14. The van der Waals surface area contributed by atoms with Gasteiger partial charge in [-0.05, 0) is 6.07 Å². The lowest BCUT2D eigenvalue weighted by atomic mass is 10.3. The van der Waals surface area contributed by atoms with Crippen molar-refractivity contribution in [3.63, 3.8) is 0 Å². The predicted molar refractivity (Wildman–Crippen MR) is 59.2 cm³/mol. The number of pyridine rings is 1. The minimum absolute atomic E-state index is 0.00574. The van der Waals surface area contributed by atoms with E-state index in [0.717, 1.165) is 6.20 Å². The molecule has 1 N–H and O–H groups in total. The predicted octanol–water partition coefficient (Wildman–Crippen LogP) is 1.07. The maximum Gasteiger partial charge on any atom is 0.242 e. The average molecular weight is 283 g/mol. The lowest BCUT2D eigenvalue weighted by molar-refractivity contribution is 0.00482. The first kappa shape index (κ1) is 12.1.